The monoisotopic (exact) mass is 266 g/mol. The van der Waals surface area contributed by atoms with E-state index in [2.05, 4.69) is 62.3 Å². The Hall–Kier alpha value is 0. The van der Waals surface area contributed by atoms with Crippen LogP contribution in [-0.4, -0.2) is 0 Å². The van der Waals surface area contributed by atoms with Crippen LogP contribution in [0.5, 0.6) is 0 Å². The van der Waals surface area contributed by atoms with Crippen molar-refractivity contribution in [3.05, 3.63) is 0 Å². The smallest absolute Gasteiger partial charge is 0.0332 e. The van der Waals surface area contributed by atoms with Gasteiger partial charge in [-0.1, -0.05) is 62.3 Å². The van der Waals surface area contributed by atoms with Crippen LogP contribution in [-0.2, 0) is 0 Å². The summed E-state index contributed by atoms with van der Waals surface area (Å²) in [6, 6.07) is 0. The van der Waals surface area contributed by atoms with Gasteiger partial charge < -0.3 is 0 Å². The topological polar surface area (TPSA) is 0 Å². The van der Waals surface area contributed by atoms with Gasteiger partial charge in [-0.15, -0.1) is 0 Å². The molecular weight excluding hydrogens is 228 g/mol. The number of hydrogen-bond donors (Lipinski definition) is 0. The third-order valence-electron chi connectivity index (χ3n) is 5.41. The van der Waals surface area contributed by atoms with Gasteiger partial charge in [0, 0.05) is 0 Å². The summed E-state index contributed by atoms with van der Waals surface area (Å²) in [5, 5.41) is 0. The van der Waals surface area contributed by atoms with Gasteiger partial charge in [-0.2, -0.15) is 0 Å². The minimum atomic E-state index is 0.564. The molecule has 2 aliphatic rings. The fourth-order valence-electron chi connectivity index (χ4n) is 3.72. The predicted octanol–water partition coefficient (Wildman–Crippen LogP) is 6.26. The molecule has 0 bridgehead atoms. The van der Waals surface area contributed by atoms with E-state index in [0.29, 0.717) is 5.41 Å². The van der Waals surface area contributed by atoms with Gasteiger partial charge in [0.2, 0.25) is 0 Å². The first-order valence-electron chi connectivity index (χ1n) is 8.55. The minimum Gasteiger partial charge on any atom is -0.0625 e. The molecule has 0 aromatic rings. The summed E-state index contributed by atoms with van der Waals surface area (Å²) in [7, 11) is 0. The summed E-state index contributed by atoms with van der Waals surface area (Å²) in [6.07, 6.45) is 2.97. The van der Waals surface area contributed by atoms with Crippen LogP contribution in [0.1, 0.15) is 75.2 Å². The molecule has 0 heteroatoms. The number of rotatable bonds is 3. The van der Waals surface area contributed by atoms with Gasteiger partial charge in [-0.05, 0) is 59.7 Å². The van der Waals surface area contributed by atoms with Crippen molar-refractivity contribution in [2.45, 2.75) is 75.2 Å². The molecule has 0 aromatic carbocycles. The summed E-state index contributed by atoms with van der Waals surface area (Å²) >= 11 is 0. The quantitative estimate of drug-likeness (QED) is 0.565. The van der Waals surface area contributed by atoms with Crippen molar-refractivity contribution in [3.63, 3.8) is 0 Å². The standard InChI is InChI=1S/C10H20.C9H18/c1-7(2)8-6-9(8)10(3,4)5;1-6(2)8-5-9(8)7(3)4/h7-9H,6H2,1-5H3;6-9H,5H2,1-4H3/t8-,9-;8-,9+/m0./s1. The Labute approximate surface area is 122 Å². The van der Waals surface area contributed by atoms with Crippen molar-refractivity contribution in [1.82, 2.24) is 0 Å². The van der Waals surface area contributed by atoms with Crippen molar-refractivity contribution >= 4 is 0 Å². The van der Waals surface area contributed by atoms with Gasteiger partial charge in [0.1, 0.15) is 0 Å². The van der Waals surface area contributed by atoms with E-state index < -0.39 is 0 Å². The summed E-state index contributed by atoms with van der Waals surface area (Å²) < 4.78 is 0. The molecule has 0 radical (unpaired) electrons. The lowest BCUT2D eigenvalue weighted by atomic mass is 9.87. The normalized spacial score (nSPS) is 33.5. The lowest BCUT2D eigenvalue weighted by Crippen LogP contribution is -2.10. The maximum Gasteiger partial charge on any atom is -0.0332 e. The molecule has 2 aliphatic carbocycles. The Kier molecular flexibility index (Phi) is 5.55. The van der Waals surface area contributed by atoms with Gasteiger partial charge in [-0.25, -0.2) is 0 Å². The van der Waals surface area contributed by atoms with Crippen LogP contribution < -0.4 is 0 Å². The van der Waals surface area contributed by atoms with Gasteiger partial charge in [0.15, 0.2) is 0 Å². The first kappa shape index (κ1) is 17.1. The summed E-state index contributed by atoms with van der Waals surface area (Å²) in [5.74, 6) is 6.92. The van der Waals surface area contributed by atoms with Crippen molar-refractivity contribution in [2.24, 2.45) is 46.8 Å². The van der Waals surface area contributed by atoms with E-state index in [1.165, 1.54) is 12.8 Å². The molecular formula is C19H38. The first-order valence-corrected chi connectivity index (χ1v) is 8.55. The third-order valence-corrected chi connectivity index (χ3v) is 5.41. The Bertz CT molecular complexity index is 254. The zero-order valence-corrected chi connectivity index (χ0v) is 15.0. The zero-order chi connectivity index (χ0) is 15.0. The fraction of sp³-hybridized carbons (Fsp3) is 1.00. The highest BCUT2D eigenvalue weighted by Crippen LogP contribution is 2.54. The molecule has 0 amide bonds. The highest BCUT2D eigenvalue weighted by Gasteiger charge is 2.46. The van der Waals surface area contributed by atoms with Crippen LogP contribution in [0.2, 0.25) is 0 Å². The van der Waals surface area contributed by atoms with E-state index in [1.807, 2.05) is 0 Å². The summed E-state index contributed by atoms with van der Waals surface area (Å²) in [4.78, 5) is 0. The van der Waals surface area contributed by atoms with E-state index in [4.69, 9.17) is 0 Å². The molecule has 2 fully saturated rings. The maximum atomic E-state index is 2.36. The molecule has 0 N–H and O–H groups in total. The highest BCUT2D eigenvalue weighted by atomic mass is 14.5. The van der Waals surface area contributed by atoms with Crippen LogP contribution in [0.4, 0.5) is 0 Å². The first-order chi connectivity index (χ1) is 8.55. The van der Waals surface area contributed by atoms with Gasteiger partial charge in [-0.3, -0.25) is 0 Å². The Morgan fingerprint density at radius 2 is 1.00 bits per heavy atom. The molecule has 0 saturated heterocycles. The second-order valence-corrected chi connectivity index (χ2v) is 9.17. The third kappa shape index (κ3) is 5.12. The van der Waals surface area contributed by atoms with Crippen LogP contribution in [0, 0.1) is 46.8 Å². The predicted molar refractivity (Wildman–Crippen MR) is 87.2 cm³/mol. The molecule has 0 aromatic heterocycles. The van der Waals surface area contributed by atoms with Gasteiger partial charge in [0.25, 0.3) is 0 Å². The van der Waals surface area contributed by atoms with E-state index in [-0.39, 0.29) is 0 Å². The Balaban J connectivity index is 0.000000191. The maximum absolute atomic E-state index is 2.36. The Morgan fingerprint density at radius 3 is 1.11 bits per heavy atom. The Morgan fingerprint density at radius 1 is 0.632 bits per heavy atom. The molecule has 0 spiro atoms. The van der Waals surface area contributed by atoms with Crippen LogP contribution in [0.25, 0.3) is 0 Å². The molecule has 0 nitrogen and oxygen atoms in total. The second-order valence-electron chi connectivity index (χ2n) is 9.17. The molecule has 2 rings (SSSR count). The van der Waals surface area contributed by atoms with Crippen molar-refractivity contribution < 1.29 is 0 Å². The molecule has 114 valence electrons. The average molecular weight is 267 g/mol. The second kappa shape index (κ2) is 6.19. The molecule has 0 unspecified atom stereocenters. The van der Waals surface area contributed by atoms with Crippen LogP contribution >= 0.6 is 0 Å². The molecule has 0 aliphatic heterocycles. The molecule has 19 heavy (non-hydrogen) atoms. The minimum absolute atomic E-state index is 0.564. The van der Waals surface area contributed by atoms with Crippen molar-refractivity contribution in [1.29, 1.82) is 0 Å². The van der Waals surface area contributed by atoms with Crippen LogP contribution in [0.15, 0.2) is 0 Å². The summed E-state index contributed by atoms with van der Waals surface area (Å²) in [6.45, 7) is 21.1. The van der Waals surface area contributed by atoms with Gasteiger partial charge >= 0.3 is 0 Å². The van der Waals surface area contributed by atoms with E-state index in [9.17, 15) is 0 Å². The molecule has 0 heterocycles. The molecule has 2 saturated carbocycles. The lowest BCUT2D eigenvalue weighted by molar-refractivity contribution is 0.309. The fourth-order valence-corrected chi connectivity index (χ4v) is 3.72. The zero-order valence-electron chi connectivity index (χ0n) is 15.0. The lowest BCUT2D eigenvalue weighted by Gasteiger charge is -2.18. The molecule has 4 atom stereocenters. The summed E-state index contributed by atoms with van der Waals surface area (Å²) in [5.41, 5.74) is 0.564. The van der Waals surface area contributed by atoms with Gasteiger partial charge in [0.05, 0.1) is 0 Å². The highest BCUT2D eigenvalue weighted by molar-refractivity contribution is 4.95. The van der Waals surface area contributed by atoms with E-state index >= 15 is 0 Å². The SMILES string of the molecule is CC(C)[C@@H]1C[C@@H]1C(C)(C)C.CC(C)[C@H]1C[C@H]1C(C)C. The largest absolute Gasteiger partial charge is 0.0625 e. The van der Waals surface area contributed by atoms with E-state index in [1.54, 1.807) is 0 Å². The average Bonchev–Trinajstić information content (AvgIpc) is 3.10. The van der Waals surface area contributed by atoms with Crippen molar-refractivity contribution in [3.8, 4) is 0 Å². The van der Waals surface area contributed by atoms with E-state index in [0.717, 1.165) is 41.4 Å². The van der Waals surface area contributed by atoms with Crippen molar-refractivity contribution in [2.75, 3.05) is 0 Å². The number of hydrogen-bond acceptors (Lipinski definition) is 0. The van der Waals surface area contributed by atoms with Crippen LogP contribution in [0.3, 0.4) is 0 Å².